The summed E-state index contributed by atoms with van der Waals surface area (Å²) in [4.78, 5) is 13.9. The molecule has 1 aromatic carbocycles. The van der Waals surface area contributed by atoms with Crippen molar-refractivity contribution in [3.05, 3.63) is 29.8 Å². The molecule has 6 heteroatoms. The van der Waals surface area contributed by atoms with Gasteiger partial charge in [-0.2, -0.15) is 15.0 Å². The van der Waals surface area contributed by atoms with Gasteiger partial charge < -0.3 is 10.6 Å². The molecule has 2 rings (SSSR count). The van der Waals surface area contributed by atoms with Crippen molar-refractivity contribution >= 4 is 29.3 Å². The summed E-state index contributed by atoms with van der Waals surface area (Å²) in [5.41, 5.74) is 2.23. The maximum absolute atomic E-state index is 4.74. The van der Waals surface area contributed by atoms with Gasteiger partial charge in [-0.3, -0.25) is 0 Å². The minimum absolute atomic E-state index is 0.598. The van der Waals surface area contributed by atoms with E-state index in [0.717, 1.165) is 22.5 Å². The molecule has 2 N–H and O–H groups in total. The normalized spacial score (nSPS) is 12.0. The first-order valence-corrected chi connectivity index (χ1v) is 16.0. The Hall–Kier alpha value is -1.82. The lowest BCUT2D eigenvalue weighted by atomic mass is 9.95. The highest BCUT2D eigenvalue weighted by Gasteiger charge is 2.13. The van der Waals surface area contributed by atoms with Crippen molar-refractivity contribution in [2.24, 2.45) is 5.92 Å². The molecule has 1 atom stereocenters. The lowest BCUT2D eigenvalue weighted by molar-refractivity contribution is 0.436. The predicted molar refractivity (Wildman–Crippen MR) is 163 cm³/mol. The molecule has 37 heavy (non-hydrogen) atoms. The minimum atomic E-state index is 0.598. The summed E-state index contributed by atoms with van der Waals surface area (Å²) in [5, 5.41) is 7.25. The molecular weight excluding hydrogens is 474 g/mol. The van der Waals surface area contributed by atoms with E-state index < -0.39 is 0 Å². The lowest BCUT2D eigenvalue weighted by Crippen LogP contribution is -2.08. The quantitative estimate of drug-likeness (QED) is 0.117. The van der Waals surface area contributed by atoms with Crippen LogP contribution in [0.25, 0.3) is 0 Å². The van der Waals surface area contributed by atoms with E-state index in [1.807, 2.05) is 7.05 Å². The Bertz CT molecular complexity index is 827. The van der Waals surface area contributed by atoms with Crippen LogP contribution >= 0.6 is 11.8 Å². The fourth-order valence-corrected chi connectivity index (χ4v) is 5.66. The molecular formula is C31H53N5S. The minimum Gasteiger partial charge on any atom is -0.357 e. The fourth-order valence-electron chi connectivity index (χ4n) is 4.64. The average molecular weight is 528 g/mol. The Labute approximate surface area is 231 Å². The summed E-state index contributed by atoms with van der Waals surface area (Å²) in [5.74, 6) is 3.03. The smallest absolute Gasteiger partial charge is 0.233 e. The molecule has 208 valence electrons. The maximum atomic E-state index is 4.74. The standard InChI is InChI=1S/C31H53N5S/c1-5-7-9-11-13-14-16-18-20-27(19-17-15-12-10-8-6-2)25-37-31-35-29(32-4)34-30(36-31)33-28-23-21-26(3)22-24-28/h21-24,27H,5-20,25H2,1-4H3,(H2,32,33,34,35,36). The summed E-state index contributed by atoms with van der Waals surface area (Å²) in [6.07, 6.45) is 21.9. The highest BCUT2D eigenvalue weighted by atomic mass is 32.2. The van der Waals surface area contributed by atoms with Crippen LogP contribution in [0.3, 0.4) is 0 Å². The van der Waals surface area contributed by atoms with Gasteiger partial charge >= 0.3 is 0 Å². The highest BCUT2D eigenvalue weighted by molar-refractivity contribution is 7.99. The van der Waals surface area contributed by atoms with Crippen LogP contribution in [0.15, 0.2) is 29.4 Å². The topological polar surface area (TPSA) is 62.7 Å². The number of hydrogen-bond donors (Lipinski definition) is 2. The number of aryl methyl sites for hydroxylation is 1. The Morgan fingerprint density at radius 1 is 0.676 bits per heavy atom. The third-order valence-corrected chi connectivity index (χ3v) is 8.11. The van der Waals surface area contributed by atoms with Gasteiger partial charge in [0.25, 0.3) is 0 Å². The largest absolute Gasteiger partial charge is 0.357 e. The Morgan fingerprint density at radius 2 is 1.19 bits per heavy atom. The first-order chi connectivity index (χ1) is 18.1. The molecule has 0 saturated heterocycles. The van der Waals surface area contributed by atoms with Crippen molar-refractivity contribution in [2.75, 3.05) is 23.4 Å². The second kappa shape index (κ2) is 20.2. The van der Waals surface area contributed by atoms with Crippen molar-refractivity contribution < 1.29 is 0 Å². The molecule has 1 heterocycles. The van der Waals surface area contributed by atoms with Crippen molar-refractivity contribution in [3.8, 4) is 0 Å². The van der Waals surface area contributed by atoms with E-state index in [-0.39, 0.29) is 0 Å². The van der Waals surface area contributed by atoms with E-state index in [2.05, 4.69) is 65.6 Å². The van der Waals surface area contributed by atoms with Gasteiger partial charge in [0.05, 0.1) is 0 Å². The third-order valence-electron chi connectivity index (χ3n) is 7.03. The maximum Gasteiger partial charge on any atom is 0.233 e. The molecule has 0 radical (unpaired) electrons. The van der Waals surface area contributed by atoms with Gasteiger partial charge in [-0.1, -0.05) is 133 Å². The Morgan fingerprint density at radius 3 is 1.73 bits per heavy atom. The van der Waals surface area contributed by atoms with Crippen molar-refractivity contribution in [1.29, 1.82) is 0 Å². The van der Waals surface area contributed by atoms with Gasteiger partial charge in [0.2, 0.25) is 11.9 Å². The van der Waals surface area contributed by atoms with Crippen molar-refractivity contribution in [1.82, 2.24) is 15.0 Å². The zero-order valence-electron chi connectivity index (χ0n) is 24.2. The lowest BCUT2D eigenvalue weighted by Gasteiger charge is -2.17. The number of thioether (sulfide) groups is 1. The number of anilines is 3. The molecule has 2 aromatic rings. The average Bonchev–Trinajstić information content (AvgIpc) is 2.91. The van der Waals surface area contributed by atoms with Crippen LogP contribution in [0.1, 0.15) is 122 Å². The molecule has 5 nitrogen and oxygen atoms in total. The van der Waals surface area contributed by atoms with Crippen LogP contribution in [0.4, 0.5) is 17.6 Å². The number of unbranched alkanes of at least 4 members (excludes halogenated alkanes) is 12. The molecule has 1 aromatic heterocycles. The molecule has 0 bridgehead atoms. The number of aromatic nitrogens is 3. The second-order valence-electron chi connectivity index (χ2n) is 10.5. The zero-order chi connectivity index (χ0) is 26.6. The third kappa shape index (κ3) is 14.6. The molecule has 0 amide bonds. The first-order valence-electron chi connectivity index (χ1n) is 15.0. The number of nitrogens with zero attached hydrogens (tertiary/aromatic N) is 3. The second-order valence-corrected chi connectivity index (χ2v) is 11.5. The van der Waals surface area contributed by atoms with Gasteiger partial charge in [-0.25, -0.2) is 0 Å². The van der Waals surface area contributed by atoms with Gasteiger partial charge in [-0.05, 0) is 37.8 Å². The van der Waals surface area contributed by atoms with Gasteiger partial charge in [-0.15, -0.1) is 0 Å². The molecule has 0 aliphatic rings. The summed E-state index contributed by atoms with van der Waals surface area (Å²) in [7, 11) is 1.86. The number of nitrogens with one attached hydrogen (secondary N) is 2. The van der Waals surface area contributed by atoms with E-state index in [9.17, 15) is 0 Å². The summed E-state index contributed by atoms with van der Waals surface area (Å²) in [6, 6.07) is 8.31. The van der Waals surface area contributed by atoms with Gasteiger partial charge in [0.1, 0.15) is 0 Å². The fraction of sp³-hybridized carbons (Fsp3) is 0.710. The van der Waals surface area contributed by atoms with E-state index in [4.69, 9.17) is 4.98 Å². The molecule has 0 aliphatic carbocycles. The van der Waals surface area contributed by atoms with Crippen LogP contribution in [-0.2, 0) is 0 Å². The molecule has 0 aliphatic heterocycles. The van der Waals surface area contributed by atoms with Crippen molar-refractivity contribution in [2.45, 2.75) is 129 Å². The summed E-state index contributed by atoms with van der Waals surface area (Å²) < 4.78 is 0. The summed E-state index contributed by atoms with van der Waals surface area (Å²) >= 11 is 1.79. The highest BCUT2D eigenvalue weighted by Crippen LogP contribution is 2.27. The van der Waals surface area contributed by atoms with E-state index in [1.165, 1.54) is 108 Å². The van der Waals surface area contributed by atoms with Crippen molar-refractivity contribution in [3.63, 3.8) is 0 Å². The van der Waals surface area contributed by atoms with Crippen LogP contribution < -0.4 is 10.6 Å². The number of benzene rings is 1. The van der Waals surface area contributed by atoms with Crippen LogP contribution in [0, 0.1) is 12.8 Å². The SMILES string of the molecule is CCCCCCCCCCC(CCCCCCCC)CSc1nc(NC)nc(Nc2ccc(C)cc2)n1. The number of rotatable bonds is 22. The Balaban J connectivity index is 1.88. The molecule has 0 spiro atoms. The van der Waals surface area contributed by atoms with Gasteiger partial charge in [0.15, 0.2) is 5.16 Å². The molecule has 1 unspecified atom stereocenters. The van der Waals surface area contributed by atoms with E-state index in [0.29, 0.717) is 11.9 Å². The molecule has 0 fully saturated rings. The van der Waals surface area contributed by atoms with E-state index >= 15 is 0 Å². The first kappa shape index (κ1) is 31.4. The number of hydrogen-bond acceptors (Lipinski definition) is 6. The van der Waals surface area contributed by atoms with E-state index in [1.54, 1.807) is 11.8 Å². The predicted octanol–water partition coefficient (Wildman–Crippen LogP) is 9.96. The molecule has 0 saturated carbocycles. The van der Waals surface area contributed by atoms with Gasteiger partial charge in [0, 0.05) is 18.5 Å². The van der Waals surface area contributed by atoms with Crippen LogP contribution in [-0.4, -0.2) is 27.8 Å². The zero-order valence-corrected chi connectivity index (χ0v) is 25.0. The van der Waals surface area contributed by atoms with Crippen LogP contribution in [0.5, 0.6) is 0 Å². The monoisotopic (exact) mass is 527 g/mol. The Kier molecular flexibility index (Phi) is 17.1. The summed E-state index contributed by atoms with van der Waals surface area (Å²) in [6.45, 7) is 6.68. The van der Waals surface area contributed by atoms with Crippen LogP contribution in [0.2, 0.25) is 0 Å².